The van der Waals surface area contributed by atoms with E-state index in [2.05, 4.69) is 16.0 Å². The van der Waals surface area contributed by atoms with Gasteiger partial charge in [-0.25, -0.2) is 13.1 Å². The molecule has 0 saturated carbocycles. The van der Waals surface area contributed by atoms with E-state index in [0.717, 1.165) is 22.6 Å². The first-order chi connectivity index (χ1) is 12.8. The highest BCUT2D eigenvalue weighted by molar-refractivity contribution is 7.91. The van der Waals surface area contributed by atoms with Crippen molar-refractivity contribution in [3.8, 4) is 5.69 Å². The summed E-state index contributed by atoms with van der Waals surface area (Å²) in [6, 6.07) is 9.61. The molecule has 0 aliphatic carbocycles. The summed E-state index contributed by atoms with van der Waals surface area (Å²) < 4.78 is 24.7. The number of benzene rings is 1. The van der Waals surface area contributed by atoms with Crippen LogP contribution in [-0.4, -0.2) is 41.5 Å². The van der Waals surface area contributed by atoms with E-state index >= 15 is 0 Å². The van der Waals surface area contributed by atoms with Crippen molar-refractivity contribution < 1.29 is 18.0 Å². The van der Waals surface area contributed by atoms with E-state index in [1.54, 1.807) is 4.68 Å². The van der Waals surface area contributed by atoms with E-state index in [1.807, 2.05) is 44.2 Å². The van der Waals surface area contributed by atoms with Crippen molar-refractivity contribution in [1.82, 2.24) is 20.6 Å². The molecule has 0 spiro atoms. The van der Waals surface area contributed by atoms with Crippen LogP contribution in [0.1, 0.15) is 23.4 Å². The van der Waals surface area contributed by atoms with Crippen molar-refractivity contribution in [2.45, 2.75) is 26.7 Å². The maximum Gasteiger partial charge on any atom is 0.242 e. The lowest BCUT2D eigenvalue weighted by Crippen LogP contribution is -2.45. The van der Waals surface area contributed by atoms with Crippen molar-refractivity contribution in [3.63, 3.8) is 0 Å². The molecule has 27 heavy (non-hydrogen) atoms. The molecule has 0 radical (unpaired) electrons. The summed E-state index contributed by atoms with van der Waals surface area (Å²) >= 11 is 0. The highest BCUT2D eigenvalue weighted by Crippen LogP contribution is 2.19. The van der Waals surface area contributed by atoms with Gasteiger partial charge in [-0.2, -0.15) is 5.10 Å². The minimum Gasteiger partial charge on any atom is -0.273 e. The van der Waals surface area contributed by atoms with Crippen LogP contribution in [0.2, 0.25) is 0 Å². The largest absolute Gasteiger partial charge is 0.273 e. The molecule has 0 unspecified atom stereocenters. The highest BCUT2D eigenvalue weighted by Gasteiger charge is 2.33. The third-order valence-electron chi connectivity index (χ3n) is 4.71. The number of amides is 2. The van der Waals surface area contributed by atoms with Gasteiger partial charge < -0.3 is 0 Å². The Morgan fingerprint density at radius 1 is 1.19 bits per heavy atom. The zero-order valence-electron chi connectivity index (χ0n) is 15.2. The van der Waals surface area contributed by atoms with E-state index in [9.17, 15) is 18.0 Å². The Hall–Kier alpha value is -2.68. The number of carbonyl (C=O) groups is 2. The zero-order chi connectivity index (χ0) is 19.6. The number of para-hydroxylation sites is 1. The number of nitrogens with one attached hydrogen (secondary N) is 2. The Kier molecular flexibility index (Phi) is 5.31. The van der Waals surface area contributed by atoms with Crippen LogP contribution in [0, 0.1) is 19.8 Å². The predicted molar refractivity (Wildman–Crippen MR) is 99.8 cm³/mol. The van der Waals surface area contributed by atoms with Crippen LogP contribution in [-0.2, 0) is 25.8 Å². The minimum atomic E-state index is -3.15. The maximum atomic E-state index is 12.2. The van der Waals surface area contributed by atoms with E-state index in [0.29, 0.717) is 0 Å². The van der Waals surface area contributed by atoms with Crippen molar-refractivity contribution in [1.29, 1.82) is 0 Å². The summed E-state index contributed by atoms with van der Waals surface area (Å²) in [5.74, 6) is -1.63. The van der Waals surface area contributed by atoms with Gasteiger partial charge in [0.25, 0.3) is 0 Å². The second-order valence-electron chi connectivity index (χ2n) is 6.71. The Bertz CT molecular complexity index is 967. The van der Waals surface area contributed by atoms with Crippen LogP contribution in [0.3, 0.4) is 0 Å². The maximum absolute atomic E-state index is 12.2. The standard InChI is InChI=1S/C18H22N4O4S/c1-12-16(13(2)22(21-12)15-6-4-3-5-7-15)10-17(23)19-20-18(24)14-8-9-27(25,26)11-14/h3-7,14H,8-11H2,1-2H3,(H,19,23)(H,20,24)/t14-/m1/s1. The van der Waals surface area contributed by atoms with Crippen molar-refractivity contribution in [2.75, 3.05) is 11.5 Å². The molecule has 2 aromatic rings. The Labute approximate surface area is 157 Å². The number of nitrogens with zero attached hydrogens (tertiary/aromatic N) is 2. The van der Waals surface area contributed by atoms with Crippen LogP contribution in [0.15, 0.2) is 30.3 Å². The van der Waals surface area contributed by atoms with E-state index in [4.69, 9.17) is 0 Å². The fraction of sp³-hybridized carbons (Fsp3) is 0.389. The molecule has 1 saturated heterocycles. The molecule has 1 aromatic heterocycles. The average molecular weight is 390 g/mol. The second-order valence-corrected chi connectivity index (χ2v) is 8.94. The lowest BCUT2D eigenvalue weighted by Gasteiger charge is -2.11. The van der Waals surface area contributed by atoms with Gasteiger partial charge in [0, 0.05) is 11.3 Å². The predicted octanol–water partition coefficient (Wildman–Crippen LogP) is 0.614. The number of aryl methyl sites for hydroxylation is 1. The molecular formula is C18H22N4O4S. The minimum absolute atomic E-state index is 0.0100. The molecule has 8 nitrogen and oxygen atoms in total. The second kappa shape index (κ2) is 7.51. The zero-order valence-corrected chi connectivity index (χ0v) is 16.0. The van der Waals surface area contributed by atoms with Crippen LogP contribution in [0.4, 0.5) is 0 Å². The molecule has 0 bridgehead atoms. The first kappa shape index (κ1) is 19.1. The van der Waals surface area contributed by atoms with Gasteiger partial charge in [0.1, 0.15) is 0 Å². The summed E-state index contributed by atoms with van der Waals surface area (Å²) in [6.45, 7) is 3.72. The van der Waals surface area contributed by atoms with Gasteiger partial charge in [-0.1, -0.05) is 18.2 Å². The smallest absolute Gasteiger partial charge is 0.242 e. The topological polar surface area (TPSA) is 110 Å². The fourth-order valence-electron chi connectivity index (χ4n) is 3.19. The molecular weight excluding hydrogens is 368 g/mol. The monoisotopic (exact) mass is 390 g/mol. The Morgan fingerprint density at radius 3 is 2.52 bits per heavy atom. The molecule has 1 atom stereocenters. The van der Waals surface area contributed by atoms with Gasteiger partial charge in [-0.05, 0) is 32.4 Å². The normalized spacial score (nSPS) is 18.2. The lowest BCUT2D eigenvalue weighted by molar-refractivity contribution is -0.130. The molecule has 2 heterocycles. The Morgan fingerprint density at radius 2 is 1.89 bits per heavy atom. The van der Waals surface area contributed by atoms with Crippen molar-refractivity contribution in [3.05, 3.63) is 47.3 Å². The first-order valence-electron chi connectivity index (χ1n) is 8.66. The summed E-state index contributed by atoms with van der Waals surface area (Å²) in [5, 5.41) is 4.49. The van der Waals surface area contributed by atoms with Gasteiger partial charge in [0.15, 0.2) is 9.84 Å². The quantitative estimate of drug-likeness (QED) is 0.744. The number of hydrogen-bond acceptors (Lipinski definition) is 5. The molecule has 1 fully saturated rings. The average Bonchev–Trinajstić information content (AvgIpc) is 3.14. The molecule has 3 rings (SSSR count). The van der Waals surface area contributed by atoms with E-state index < -0.39 is 21.7 Å². The summed E-state index contributed by atoms with van der Waals surface area (Å²) in [6.07, 6.45) is 0.347. The van der Waals surface area contributed by atoms with Gasteiger partial charge in [-0.3, -0.25) is 20.4 Å². The summed E-state index contributed by atoms with van der Waals surface area (Å²) in [5.41, 5.74) is 7.97. The van der Waals surface area contributed by atoms with E-state index in [1.165, 1.54) is 0 Å². The number of hydrogen-bond donors (Lipinski definition) is 2. The summed E-state index contributed by atoms with van der Waals surface area (Å²) in [4.78, 5) is 24.2. The fourth-order valence-corrected chi connectivity index (χ4v) is 4.93. The summed E-state index contributed by atoms with van der Waals surface area (Å²) in [7, 11) is -3.15. The lowest BCUT2D eigenvalue weighted by atomic mass is 10.1. The molecule has 144 valence electrons. The third-order valence-corrected chi connectivity index (χ3v) is 6.48. The van der Waals surface area contributed by atoms with Crippen molar-refractivity contribution >= 4 is 21.7 Å². The van der Waals surface area contributed by atoms with E-state index in [-0.39, 0.29) is 30.3 Å². The number of rotatable bonds is 4. The van der Waals surface area contributed by atoms with Crippen LogP contribution in [0.25, 0.3) is 5.69 Å². The number of sulfone groups is 1. The first-order valence-corrected chi connectivity index (χ1v) is 10.5. The molecule has 2 N–H and O–H groups in total. The van der Waals surface area contributed by atoms with Gasteiger partial charge >= 0.3 is 0 Å². The van der Waals surface area contributed by atoms with Gasteiger partial charge in [0.05, 0.1) is 35.2 Å². The Balaban J connectivity index is 1.62. The molecule has 1 aliphatic rings. The number of carbonyl (C=O) groups excluding carboxylic acids is 2. The number of aromatic nitrogens is 2. The van der Waals surface area contributed by atoms with Gasteiger partial charge in [0.2, 0.25) is 11.8 Å². The third kappa shape index (κ3) is 4.36. The highest BCUT2D eigenvalue weighted by atomic mass is 32.2. The van der Waals surface area contributed by atoms with Crippen LogP contribution in [0.5, 0.6) is 0 Å². The SMILES string of the molecule is Cc1nn(-c2ccccc2)c(C)c1CC(=O)NNC(=O)[C@@H]1CCS(=O)(=O)C1. The number of hydrazine groups is 1. The van der Waals surface area contributed by atoms with Crippen LogP contribution < -0.4 is 10.9 Å². The molecule has 2 amide bonds. The molecule has 1 aromatic carbocycles. The van der Waals surface area contributed by atoms with Crippen molar-refractivity contribution in [2.24, 2.45) is 5.92 Å². The van der Waals surface area contributed by atoms with Gasteiger partial charge in [-0.15, -0.1) is 0 Å². The molecule has 9 heteroatoms. The van der Waals surface area contributed by atoms with Crippen LogP contribution >= 0.6 is 0 Å². The molecule has 1 aliphatic heterocycles.